The molecule has 0 amide bonds. The van der Waals surface area contributed by atoms with Gasteiger partial charge < -0.3 is 0 Å². The van der Waals surface area contributed by atoms with Gasteiger partial charge in [0.05, 0.1) is 0 Å². The number of halogens is 2. The molecule has 0 unspecified atom stereocenters. The Morgan fingerprint density at radius 2 is 2.00 bits per heavy atom. The van der Waals surface area contributed by atoms with Crippen LogP contribution < -0.4 is 5.49 Å². The van der Waals surface area contributed by atoms with E-state index in [0.29, 0.717) is 0 Å². The van der Waals surface area contributed by atoms with Gasteiger partial charge in [0.25, 0.3) is 0 Å². The first-order valence-corrected chi connectivity index (χ1v) is 4.16. The Bertz CT molecular complexity index is 345. The quantitative estimate of drug-likeness (QED) is 0.480. The first-order chi connectivity index (χ1) is 6.11. The maximum absolute atomic E-state index is 12.4. The third-order valence-corrected chi connectivity index (χ3v) is 1.31. The standard InChI is InChI=1S/C6H5ClFN3.C2H6/c7-6(10)11-3-4(8)1-2-5(11)9;1-2/h1-3,9-10H;1-2H3. The minimum absolute atomic E-state index is 0.0219. The van der Waals surface area contributed by atoms with Crippen molar-refractivity contribution in [2.75, 3.05) is 0 Å². The second kappa shape index (κ2) is 5.48. The first kappa shape index (κ1) is 11.8. The number of nitrogens with one attached hydrogen (secondary N) is 2. The largest absolute Gasteiger partial charge is 0.284 e. The fourth-order valence-electron chi connectivity index (χ4n) is 0.637. The highest BCUT2D eigenvalue weighted by Gasteiger charge is 1.97. The zero-order valence-electron chi connectivity index (χ0n) is 7.44. The van der Waals surface area contributed by atoms with E-state index in [9.17, 15) is 4.39 Å². The highest BCUT2D eigenvalue weighted by Crippen LogP contribution is 1.92. The molecule has 0 saturated carbocycles. The van der Waals surface area contributed by atoms with E-state index in [4.69, 9.17) is 22.4 Å². The van der Waals surface area contributed by atoms with Gasteiger partial charge in [-0.1, -0.05) is 13.8 Å². The lowest BCUT2D eigenvalue weighted by Crippen LogP contribution is -2.22. The molecule has 1 aromatic rings. The molecule has 0 aliphatic carbocycles. The van der Waals surface area contributed by atoms with Crippen LogP contribution in [0.15, 0.2) is 18.3 Å². The van der Waals surface area contributed by atoms with Crippen LogP contribution in [0.5, 0.6) is 0 Å². The van der Waals surface area contributed by atoms with Crippen molar-refractivity contribution >= 4 is 16.9 Å². The maximum atomic E-state index is 12.4. The predicted octanol–water partition coefficient (Wildman–Crippen LogP) is 2.15. The summed E-state index contributed by atoms with van der Waals surface area (Å²) in [4.78, 5) is 0. The maximum Gasteiger partial charge on any atom is 0.201 e. The molecule has 1 aromatic heterocycles. The molecule has 0 radical (unpaired) electrons. The van der Waals surface area contributed by atoms with Gasteiger partial charge in [-0.3, -0.25) is 15.4 Å². The topological polar surface area (TPSA) is 52.6 Å². The Kier molecular flexibility index (Phi) is 4.99. The van der Waals surface area contributed by atoms with Gasteiger partial charge in [-0.25, -0.2) is 4.39 Å². The molecule has 0 saturated heterocycles. The molecule has 0 aliphatic heterocycles. The number of hydrogen-bond donors (Lipinski definition) is 2. The number of hydrogen-bond acceptors (Lipinski definition) is 2. The molecule has 0 aromatic carbocycles. The summed E-state index contributed by atoms with van der Waals surface area (Å²) in [5.74, 6) is -0.522. The zero-order valence-corrected chi connectivity index (χ0v) is 8.19. The Morgan fingerprint density at radius 3 is 2.38 bits per heavy atom. The molecule has 2 N–H and O–H groups in total. The molecular formula is C8H11ClFN3. The number of pyridine rings is 1. The summed E-state index contributed by atoms with van der Waals surface area (Å²) in [6.07, 6.45) is 0.984. The molecule has 1 heterocycles. The summed E-state index contributed by atoms with van der Waals surface area (Å²) in [6, 6.07) is 2.37. The molecule has 5 heteroatoms. The Labute approximate surface area is 80.8 Å². The van der Waals surface area contributed by atoms with E-state index in [-0.39, 0.29) is 5.49 Å². The summed E-state index contributed by atoms with van der Waals surface area (Å²) < 4.78 is 13.4. The van der Waals surface area contributed by atoms with Gasteiger partial charge in [0.1, 0.15) is 11.3 Å². The first-order valence-electron chi connectivity index (χ1n) is 3.78. The van der Waals surface area contributed by atoms with Crippen molar-refractivity contribution in [3.63, 3.8) is 0 Å². The molecule has 1 rings (SSSR count). The monoisotopic (exact) mass is 203 g/mol. The van der Waals surface area contributed by atoms with E-state index in [2.05, 4.69) is 0 Å². The molecule has 13 heavy (non-hydrogen) atoms. The van der Waals surface area contributed by atoms with E-state index < -0.39 is 11.1 Å². The van der Waals surface area contributed by atoms with Crippen molar-refractivity contribution in [2.45, 2.75) is 13.8 Å². The van der Waals surface area contributed by atoms with Gasteiger partial charge in [0.15, 0.2) is 0 Å². The molecule has 0 spiro atoms. The van der Waals surface area contributed by atoms with Crippen molar-refractivity contribution in [2.24, 2.45) is 0 Å². The third kappa shape index (κ3) is 3.38. The van der Waals surface area contributed by atoms with E-state index in [1.807, 2.05) is 13.8 Å². The lowest BCUT2D eigenvalue weighted by molar-refractivity contribution is 0.613. The Hall–Kier alpha value is -1.16. The van der Waals surface area contributed by atoms with Crippen LogP contribution in [0, 0.1) is 16.6 Å². The van der Waals surface area contributed by atoms with Crippen LogP contribution in [0.2, 0.25) is 0 Å². The van der Waals surface area contributed by atoms with E-state index in [0.717, 1.165) is 16.8 Å². The SMILES string of the molecule is CC.N=C(Cl)n1cc(F)ccc1=N. The molecule has 72 valence electrons. The Morgan fingerprint density at radius 1 is 1.46 bits per heavy atom. The van der Waals surface area contributed by atoms with E-state index >= 15 is 0 Å². The van der Waals surface area contributed by atoms with E-state index in [1.54, 1.807) is 0 Å². The second-order valence-corrected chi connectivity index (χ2v) is 2.25. The summed E-state index contributed by atoms with van der Waals surface area (Å²) in [6.45, 7) is 4.00. The van der Waals surface area contributed by atoms with Gasteiger partial charge in [-0.05, 0) is 23.7 Å². The highest BCUT2D eigenvalue weighted by atomic mass is 35.5. The van der Waals surface area contributed by atoms with Gasteiger partial charge >= 0.3 is 0 Å². The predicted molar refractivity (Wildman–Crippen MR) is 50.6 cm³/mol. The minimum atomic E-state index is -0.522. The highest BCUT2D eigenvalue weighted by molar-refractivity contribution is 6.64. The number of aromatic nitrogens is 1. The van der Waals surface area contributed by atoms with Crippen molar-refractivity contribution in [1.82, 2.24) is 4.57 Å². The molecule has 0 aliphatic rings. The van der Waals surface area contributed by atoms with Crippen LogP contribution in [0.4, 0.5) is 4.39 Å². The Balaban J connectivity index is 0.000000671. The average molecular weight is 204 g/mol. The minimum Gasteiger partial charge on any atom is -0.284 e. The molecule has 0 fully saturated rings. The number of nitrogens with zero attached hydrogens (tertiary/aromatic N) is 1. The van der Waals surface area contributed by atoms with Crippen LogP contribution in [0.25, 0.3) is 0 Å². The summed E-state index contributed by atoms with van der Waals surface area (Å²) in [5.41, 5.74) is -0.0219. The van der Waals surface area contributed by atoms with Crippen molar-refractivity contribution in [3.05, 3.63) is 29.6 Å². The summed E-state index contributed by atoms with van der Waals surface area (Å²) in [5, 5.41) is 13.7. The molecule has 0 bridgehead atoms. The van der Waals surface area contributed by atoms with Gasteiger partial charge in [-0.2, -0.15) is 0 Å². The molecular weight excluding hydrogens is 193 g/mol. The lowest BCUT2D eigenvalue weighted by atomic mass is 10.4. The molecule has 3 nitrogen and oxygen atoms in total. The van der Waals surface area contributed by atoms with Gasteiger partial charge in [0.2, 0.25) is 5.29 Å². The van der Waals surface area contributed by atoms with Crippen molar-refractivity contribution in [1.29, 1.82) is 10.8 Å². The van der Waals surface area contributed by atoms with Gasteiger partial charge in [0, 0.05) is 6.20 Å². The zero-order chi connectivity index (χ0) is 10.4. The number of rotatable bonds is 0. The average Bonchev–Trinajstić information content (AvgIpc) is 2.12. The smallest absolute Gasteiger partial charge is 0.201 e. The van der Waals surface area contributed by atoms with Crippen molar-refractivity contribution < 1.29 is 4.39 Å². The normalized spacial score (nSPS) is 8.62. The lowest BCUT2D eigenvalue weighted by Gasteiger charge is -2.00. The fourth-order valence-corrected chi connectivity index (χ4v) is 0.777. The molecule has 0 atom stereocenters. The second-order valence-electron chi connectivity index (χ2n) is 1.89. The van der Waals surface area contributed by atoms with Crippen LogP contribution >= 0.6 is 11.6 Å². The van der Waals surface area contributed by atoms with Crippen molar-refractivity contribution in [3.8, 4) is 0 Å². The summed E-state index contributed by atoms with van der Waals surface area (Å²) >= 11 is 5.24. The summed E-state index contributed by atoms with van der Waals surface area (Å²) in [7, 11) is 0. The van der Waals surface area contributed by atoms with Crippen LogP contribution in [0.3, 0.4) is 0 Å². The van der Waals surface area contributed by atoms with Crippen LogP contribution in [-0.4, -0.2) is 9.86 Å². The van der Waals surface area contributed by atoms with Crippen LogP contribution in [-0.2, 0) is 0 Å². The third-order valence-electron chi connectivity index (χ3n) is 1.12. The van der Waals surface area contributed by atoms with Gasteiger partial charge in [-0.15, -0.1) is 0 Å². The van der Waals surface area contributed by atoms with Crippen LogP contribution in [0.1, 0.15) is 13.8 Å². The fraction of sp³-hybridized carbons (Fsp3) is 0.250. The van der Waals surface area contributed by atoms with E-state index in [1.165, 1.54) is 6.07 Å².